The van der Waals surface area contributed by atoms with Gasteiger partial charge in [-0.05, 0) is 70.6 Å². The Bertz CT molecular complexity index is 1290. The van der Waals surface area contributed by atoms with Gasteiger partial charge in [0.05, 0.1) is 39.9 Å². The number of nitrogens with one attached hydrogen (secondary N) is 1. The number of rotatable bonds is 56. The van der Waals surface area contributed by atoms with Crippen molar-refractivity contribution in [3.05, 3.63) is 48.6 Å². The van der Waals surface area contributed by atoms with Gasteiger partial charge in [0.15, 0.2) is 0 Å². The van der Waals surface area contributed by atoms with E-state index in [1.165, 1.54) is 225 Å². The van der Waals surface area contributed by atoms with E-state index in [2.05, 4.69) is 55.6 Å². The second-order valence-corrected chi connectivity index (χ2v) is 23.5. The molecule has 0 rings (SSSR count). The number of nitrogens with zero attached hydrogens (tertiary/aromatic N) is 1. The van der Waals surface area contributed by atoms with Gasteiger partial charge in [0.1, 0.15) is 13.2 Å². The van der Waals surface area contributed by atoms with E-state index in [1.807, 2.05) is 27.2 Å². The predicted molar refractivity (Wildman–Crippen MR) is 309 cm³/mol. The van der Waals surface area contributed by atoms with E-state index in [4.69, 9.17) is 9.05 Å². The van der Waals surface area contributed by atoms with Gasteiger partial charge in [0.2, 0.25) is 5.91 Å². The number of likely N-dealkylation sites (N-methyl/N-ethyl adjacent to an activating group) is 1. The van der Waals surface area contributed by atoms with E-state index in [1.54, 1.807) is 6.08 Å². The van der Waals surface area contributed by atoms with Crippen LogP contribution in [0, 0.1) is 0 Å². The first-order chi connectivity index (χ1) is 34.5. The van der Waals surface area contributed by atoms with Crippen molar-refractivity contribution in [2.45, 2.75) is 302 Å². The first kappa shape index (κ1) is 69.5. The third kappa shape index (κ3) is 56.0. The number of carbonyl (C=O) groups excluding carboxylic acids is 1. The van der Waals surface area contributed by atoms with E-state index < -0.39 is 20.0 Å². The number of phosphoric acid groups is 1. The Morgan fingerprint density at radius 1 is 0.465 bits per heavy atom. The van der Waals surface area contributed by atoms with Crippen molar-refractivity contribution in [1.29, 1.82) is 0 Å². The van der Waals surface area contributed by atoms with E-state index >= 15 is 0 Å². The Morgan fingerprint density at radius 3 is 1.13 bits per heavy atom. The van der Waals surface area contributed by atoms with E-state index in [0.29, 0.717) is 17.4 Å². The summed E-state index contributed by atoms with van der Waals surface area (Å²) in [7, 11) is 1.55. The number of carbonyl (C=O) groups is 1. The molecule has 3 unspecified atom stereocenters. The Labute approximate surface area is 441 Å². The molecule has 0 radical (unpaired) electrons. The molecule has 1 amide bonds. The molecule has 9 heteroatoms. The van der Waals surface area contributed by atoms with Gasteiger partial charge in [-0.1, -0.05) is 262 Å². The molecule has 3 atom stereocenters. The molecule has 0 aromatic rings. The van der Waals surface area contributed by atoms with Gasteiger partial charge in [0, 0.05) is 6.42 Å². The van der Waals surface area contributed by atoms with Gasteiger partial charge >= 0.3 is 7.82 Å². The molecule has 0 aliphatic heterocycles. The van der Waals surface area contributed by atoms with Crippen LogP contribution < -0.4 is 5.32 Å². The predicted octanol–water partition coefficient (Wildman–Crippen LogP) is 18.7. The van der Waals surface area contributed by atoms with Crippen molar-refractivity contribution < 1.29 is 32.9 Å². The number of unbranched alkanes of at least 4 members (excludes halogenated alkanes) is 37. The monoisotopic (exact) mass is 1020 g/mol. The lowest BCUT2D eigenvalue weighted by atomic mass is 10.0. The molecule has 0 saturated heterocycles. The summed E-state index contributed by atoms with van der Waals surface area (Å²) in [5.41, 5.74) is 0. The van der Waals surface area contributed by atoms with Gasteiger partial charge in [-0.3, -0.25) is 13.8 Å². The molecule has 0 spiro atoms. The van der Waals surface area contributed by atoms with Crippen molar-refractivity contribution in [3.8, 4) is 0 Å². The van der Waals surface area contributed by atoms with Crippen LogP contribution in [-0.2, 0) is 18.4 Å². The molecule has 0 aromatic carbocycles. The first-order valence-electron chi connectivity index (χ1n) is 30.5. The van der Waals surface area contributed by atoms with Crippen molar-refractivity contribution in [2.75, 3.05) is 40.9 Å². The lowest BCUT2D eigenvalue weighted by molar-refractivity contribution is -0.870. The van der Waals surface area contributed by atoms with Crippen LogP contribution in [0.2, 0.25) is 0 Å². The van der Waals surface area contributed by atoms with Crippen molar-refractivity contribution in [3.63, 3.8) is 0 Å². The average Bonchev–Trinajstić information content (AvgIpc) is 3.33. The quantitative estimate of drug-likeness (QED) is 0.0243. The van der Waals surface area contributed by atoms with Crippen LogP contribution >= 0.6 is 7.82 Å². The molecular formula is C62H120N2O6P+. The van der Waals surface area contributed by atoms with Crippen LogP contribution in [0.4, 0.5) is 0 Å². The highest BCUT2D eigenvalue weighted by molar-refractivity contribution is 7.47. The summed E-state index contributed by atoms with van der Waals surface area (Å²) in [6.45, 7) is 4.80. The number of amides is 1. The Hall–Kier alpha value is -1.54. The number of phosphoric ester groups is 1. The maximum Gasteiger partial charge on any atom is 0.472 e. The molecule has 0 fully saturated rings. The third-order valence-electron chi connectivity index (χ3n) is 13.7. The molecular weight excluding hydrogens is 900 g/mol. The summed E-state index contributed by atoms with van der Waals surface area (Å²) >= 11 is 0. The zero-order valence-corrected chi connectivity index (χ0v) is 48.6. The lowest BCUT2D eigenvalue weighted by Gasteiger charge is -2.25. The van der Waals surface area contributed by atoms with Gasteiger partial charge in [-0.15, -0.1) is 0 Å². The van der Waals surface area contributed by atoms with Crippen LogP contribution in [0.15, 0.2) is 48.6 Å². The second kappa shape index (κ2) is 53.3. The van der Waals surface area contributed by atoms with Gasteiger partial charge in [0.25, 0.3) is 0 Å². The topological polar surface area (TPSA) is 105 Å². The van der Waals surface area contributed by atoms with Gasteiger partial charge in [-0.2, -0.15) is 0 Å². The Kier molecular flexibility index (Phi) is 52.1. The first-order valence-corrected chi connectivity index (χ1v) is 32.0. The number of hydrogen-bond acceptors (Lipinski definition) is 5. The summed E-state index contributed by atoms with van der Waals surface area (Å²) in [4.78, 5) is 23.3. The number of hydrogen-bond donors (Lipinski definition) is 3. The highest BCUT2D eigenvalue weighted by Gasteiger charge is 2.27. The molecule has 8 nitrogen and oxygen atoms in total. The molecule has 0 saturated carbocycles. The molecule has 0 aliphatic carbocycles. The third-order valence-corrected chi connectivity index (χ3v) is 14.7. The standard InChI is InChI=1S/C62H119N2O6P/c1-6-8-10-12-14-16-18-20-22-24-25-26-27-28-29-30-31-32-33-34-35-36-37-38-39-40-42-44-46-48-50-52-54-56-62(66)63-60(59-70-71(67,68)69-58-57-64(3,4)5)61(65)55-53-51-49-47-45-43-41-23-21-19-17-15-13-11-9-7-2/h21,23,28-29,45,47,53,55,60-61,65H,6-20,22,24-27,30-44,46,48-52,54,56-59H2,1-5H3,(H-,63,66,67,68)/p+1/b23-21+,29-28-,47-45+,55-53+. The van der Waals surface area contributed by atoms with E-state index in [-0.39, 0.29) is 19.1 Å². The maximum atomic E-state index is 13.0. The Morgan fingerprint density at radius 2 is 0.775 bits per heavy atom. The van der Waals surface area contributed by atoms with Crippen LogP contribution in [0.1, 0.15) is 290 Å². The van der Waals surface area contributed by atoms with Crippen molar-refractivity contribution in [2.24, 2.45) is 0 Å². The van der Waals surface area contributed by atoms with Crippen LogP contribution in [0.3, 0.4) is 0 Å². The summed E-state index contributed by atoms with van der Waals surface area (Å²) in [5, 5.41) is 13.9. The minimum Gasteiger partial charge on any atom is -0.387 e. The molecule has 0 aromatic heterocycles. The fourth-order valence-corrected chi connectivity index (χ4v) is 9.69. The van der Waals surface area contributed by atoms with Crippen molar-refractivity contribution >= 4 is 13.7 Å². The lowest BCUT2D eigenvalue weighted by Crippen LogP contribution is -2.45. The highest BCUT2D eigenvalue weighted by atomic mass is 31.2. The normalized spacial score (nSPS) is 14.2. The SMILES string of the molecule is CCCCCCCC/C=C/CC/C=C/CC/C=C/C(O)C(COP(=O)(O)OCC[N+](C)(C)C)NC(=O)CCCCCCCCCCCCCCCCCCC/C=C\CCCCCCCCCCCCCC. The minimum absolute atomic E-state index is 0.0538. The molecule has 0 bridgehead atoms. The fourth-order valence-electron chi connectivity index (χ4n) is 8.95. The second-order valence-electron chi connectivity index (χ2n) is 22.1. The largest absolute Gasteiger partial charge is 0.472 e. The number of aliphatic hydroxyl groups excluding tert-OH is 1. The molecule has 3 N–H and O–H groups in total. The molecule has 418 valence electrons. The smallest absolute Gasteiger partial charge is 0.387 e. The average molecular weight is 1020 g/mol. The maximum absolute atomic E-state index is 13.0. The summed E-state index contributed by atoms with van der Waals surface area (Å²) in [6.07, 6.45) is 71.0. The summed E-state index contributed by atoms with van der Waals surface area (Å²) in [5.74, 6) is -0.188. The summed E-state index contributed by atoms with van der Waals surface area (Å²) < 4.78 is 23.7. The summed E-state index contributed by atoms with van der Waals surface area (Å²) in [6, 6.07) is -0.869. The van der Waals surface area contributed by atoms with E-state index in [0.717, 1.165) is 44.9 Å². The number of quaternary nitrogens is 1. The zero-order chi connectivity index (χ0) is 52.0. The Balaban J connectivity index is 4.06. The minimum atomic E-state index is -4.36. The van der Waals surface area contributed by atoms with Gasteiger partial charge < -0.3 is 19.8 Å². The zero-order valence-electron chi connectivity index (χ0n) is 47.7. The van der Waals surface area contributed by atoms with Crippen molar-refractivity contribution in [1.82, 2.24) is 5.32 Å². The highest BCUT2D eigenvalue weighted by Crippen LogP contribution is 2.43. The molecule has 71 heavy (non-hydrogen) atoms. The van der Waals surface area contributed by atoms with Crippen LogP contribution in [0.5, 0.6) is 0 Å². The number of allylic oxidation sites excluding steroid dienone is 7. The fraction of sp³-hybridized carbons (Fsp3) is 0.855. The van der Waals surface area contributed by atoms with Crippen LogP contribution in [-0.4, -0.2) is 73.4 Å². The van der Waals surface area contributed by atoms with Crippen LogP contribution in [0.25, 0.3) is 0 Å². The van der Waals surface area contributed by atoms with Gasteiger partial charge in [-0.25, -0.2) is 4.57 Å². The molecule has 0 aliphatic rings. The van der Waals surface area contributed by atoms with E-state index in [9.17, 15) is 19.4 Å². The molecule has 0 heterocycles. The number of aliphatic hydroxyl groups is 1.